The predicted octanol–water partition coefficient (Wildman–Crippen LogP) is 15.6. The van der Waals surface area contributed by atoms with Gasteiger partial charge in [0.2, 0.25) is 0 Å². The van der Waals surface area contributed by atoms with Crippen molar-refractivity contribution in [2.75, 3.05) is 13.2 Å². The summed E-state index contributed by atoms with van der Waals surface area (Å²) in [5.74, 6) is -2.77. The minimum absolute atomic E-state index is 0.141. The van der Waals surface area contributed by atoms with Gasteiger partial charge in [-0.15, -0.1) is 0 Å². The lowest BCUT2D eigenvalue weighted by atomic mass is 9.83. The normalized spacial score (nSPS) is 12.4. The van der Waals surface area contributed by atoms with Crippen molar-refractivity contribution in [3.05, 3.63) is 34.9 Å². The smallest absolute Gasteiger partial charge is 0.323 e. The van der Waals surface area contributed by atoms with Crippen LogP contribution in [0.5, 0.6) is 0 Å². The molecule has 0 spiro atoms. The van der Waals surface area contributed by atoms with Gasteiger partial charge in [-0.1, -0.05) is 251 Å². The molecule has 0 aromatic heterocycles. The van der Waals surface area contributed by atoms with Crippen LogP contribution in [-0.4, -0.2) is 30.3 Å². The number of hydrogen-bond donors (Lipinski definition) is 1. The SMILES string of the molecule is CCCCCCCCCCCCCCCCCCOC(=O)C(C(=O)OCCCCCCCCCCCCCCCCCC)C(O)c1cc(C)cc(C(C)(C)C)c1. The third kappa shape index (κ3) is 27.7. The molecule has 0 amide bonds. The predicted molar refractivity (Wildman–Crippen MR) is 239 cm³/mol. The van der Waals surface area contributed by atoms with E-state index in [1.54, 1.807) is 0 Å². The van der Waals surface area contributed by atoms with E-state index >= 15 is 0 Å². The van der Waals surface area contributed by atoms with E-state index in [0.29, 0.717) is 5.56 Å². The number of esters is 2. The van der Waals surface area contributed by atoms with Crippen LogP contribution in [0.3, 0.4) is 0 Å². The first kappa shape index (κ1) is 52.1. The van der Waals surface area contributed by atoms with Gasteiger partial charge >= 0.3 is 11.9 Å². The first-order chi connectivity index (χ1) is 27.1. The Kier molecular flexibility index (Phi) is 32.7. The van der Waals surface area contributed by atoms with E-state index in [1.807, 2.05) is 19.1 Å². The van der Waals surface area contributed by atoms with Crippen LogP contribution in [0.2, 0.25) is 0 Å². The molecule has 0 fully saturated rings. The van der Waals surface area contributed by atoms with Crippen molar-refractivity contribution >= 4 is 11.9 Å². The number of aliphatic hydroxyl groups is 1. The van der Waals surface area contributed by atoms with E-state index in [0.717, 1.165) is 49.7 Å². The van der Waals surface area contributed by atoms with Crippen molar-refractivity contribution in [3.8, 4) is 0 Å². The highest BCUT2D eigenvalue weighted by molar-refractivity contribution is 5.95. The van der Waals surface area contributed by atoms with Crippen LogP contribution in [0.1, 0.15) is 263 Å². The second-order valence-corrected chi connectivity index (χ2v) is 18.2. The third-order valence-electron chi connectivity index (χ3n) is 11.6. The van der Waals surface area contributed by atoms with Crippen LogP contribution in [0.25, 0.3) is 0 Å². The molecule has 0 saturated heterocycles. The minimum Gasteiger partial charge on any atom is -0.465 e. The lowest BCUT2D eigenvalue weighted by Gasteiger charge is -2.25. The monoisotopic (exact) mass is 785 g/mol. The molecule has 1 atom stereocenters. The molecule has 0 radical (unpaired) electrons. The molecular weight excluding hydrogens is 693 g/mol. The molecule has 326 valence electrons. The van der Waals surface area contributed by atoms with E-state index in [9.17, 15) is 14.7 Å². The summed E-state index contributed by atoms with van der Waals surface area (Å²) in [4.78, 5) is 26.9. The topological polar surface area (TPSA) is 72.8 Å². The summed E-state index contributed by atoms with van der Waals surface area (Å²) in [5, 5.41) is 11.5. The standard InChI is InChI=1S/C51H92O5/c1-7-9-11-13-15-17-19-21-23-25-27-29-31-33-35-37-39-55-49(53)47(48(52)45-41-44(3)42-46(43-45)51(4,5)6)50(54)56-40-38-36-34-32-30-28-26-24-22-20-18-16-14-12-10-8-2/h41-43,47-48,52H,7-40H2,1-6H3. The maximum Gasteiger partial charge on any atom is 0.323 e. The molecule has 1 N–H and O–H groups in total. The number of hydrogen-bond acceptors (Lipinski definition) is 5. The van der Waals surface area contributed by atoms with Crippen LogP contribution >= 0.6 is 0 Å². The number of rotatable bonds is 38. The summed E-state index contributed by atoms with van der Waals surface area (Å²) in [5.41, 5.74) is 2.44. The quantitative estimate of drug-likeness (QED) is 0.0411. The number of aryl methyl sites for hydroxylation is 1. The van der Waals surface area contributed by atoms with Crippen molar-refractivity contribution in [2.24, 2.45) is 5.92 Å². The van der Waals surface area contributed by atoms with Gasteiger partial charge in [0.15, 0.2) is 5.92 Å². The zero-order valence-electron chi connectivity index (χ0n) is 38.0. The molecule has 56 heavy (non-hydrogen) atoms. The first-order valence-corrected chi connectivity index (χ1v) is 24.2. The van der Waals surface area contributed by atoms with Gasteiger partial charge in [0.1, 0.15) is 6.10 Å². The van der Waals surface area contributed by atoms with Gasteiger partial charge in [0.25, 0.3) is 0 Å². The number of unbranched alkanes of at least 4 members (excludes halogenated alkanes) is 30. The van der Waals surface area contributed by atoms with Crippen molar-refractivity contribution in [1.29, 1.82) is 0 Å². The summed E-state index contributed by atoms with van der Waals surface area (Å²) >= 11 is 0. The maximum absolute atomic E-state index is 13.4. The van der Waals surface area contributed by atoms with Gasteiger partial charge in [-0.2, -0.15) is 0 Å². The van der Waals surface area contributed by atoms with Crippen LogP contribution in [-0.2, 0) is 24.5 Å². The van der Waals surface area contributed by atoms with Crippen LogP contribution in [0, 0.1) is 12.8 Å². The molecular formula is C51H92O5. The van der Waals surface area contributed by atoms with Gasteiger partial charge in [-0.3, -0.25) is 9.59 Å². The molecule has 0 aliphatic carbocycles. The van der Waals surface area contributed by atoms with E-state index in [2.05, 4.69) is 40.7 Å². The van der Waals surface area contributed by atoms with Crippen molar-refractivity contribution in [3.63, 3.8) is 0 Å². The van der Waals surface area contributed by atoms with Gasteiger partial charge in [-0.25, -0.2) is 0 Å². The third-order valence-corrected chi connectivity index (χ3v) is 11.6. The Morgan fingerprint density at radius 2 is 0.768 bits per heavy atom. The molecule has 1 unspecified atom stereocenters. The highest BCUT2D eigenvalue weighted by atomic mass is 16.6. The van der Waals surface area contributed by atoms with Gasteiger partial charge < -0.3 is 14.6 Å². The van der Waals surface area contributed by atoms with E-state index in [-0.39, 0.29) is 18.6 Å². The Morgan fingerprint density at radius 3 is 1.05 bits per heavy atom. The minimum atomic E-state index is -1.40. The molecule has 0 aliphatic rings. The molecule has 5 heteroatoms. The second-order valence-electron chi connectivity index (χ2n) is 18.2. The Morgan fingerprint density at radius 1 is 0.482 bits per heavy atom. The summed E-state index contributed by atoms with van der Waals surface area (Å²) in [6, 6.07) is 5.87. The number of aliphatic hydroxyl groups excluding tert-OH is 1. The highest BCUT2D eigenvalue weighted by Crippen LogP contribution is 2.31. The summed E-state index contributed by atoms with van der Waals surface area (Å²) in [6.45, 7) is 13.4. The fourth-order valence-corrected chi connectivity index (χ4v) is 7.79. The van der Waals surface area contributed by atoms with Crippen LogP contribution < -0.4 is 0 Å². The largest absolute Gasteiger partial charge is 0.465 e. The van der Waals surface area contributed by atoms with Crippen LogP contribution in [0.15, 0.2) is 18.2 Å². The Bertz CT molecular complexity index is 1020. The average molecular weight is 785 g/mol. The van der Waals surface area contributed by atoms with E-state index in [1.165, 1.54) is 167 Å². The van der Waals surface area contributed by atoms with E-state index in [4.69, 9.17) is 9.47 Å². The molecule has 1 aromatic rings. The molecule has 1 rings (SSSR count). The van der Waals surface area contributed by atoms with Crippen molar-refractivity contribution in [1.82, 2.24) is 0 Å². The number of carbonyl (C=O) groups excluding carboxylic acids is 2. The molecule has 0 aliphatic heterocycles. The average Bonchev–Trinajstić information content (AvgIpc) is 3.16. The molecule has 0 saturated carbocycles. The lowest BCUT2D eigenvalue weighted by molar-refractivity contribution is -0.168. The van der Waals surface area contributed by atoms with Crippen LogP contribution in [0.4, 0.5) is 0 Å². The van der Waals surface area contributed by atoms with Gasteiger partial charge in [0.05, 0.1) is 13.2 Å². The fraction of sp³-hybridized carbons (Fsp3) is 0.843. The summed E-state index contributed by atoms with van der Waals surface area (Å²) < 4.78 is 11.3. The Hall–Kier alpha value is -1.88. The number of benzene rings is 1. The lowest BCUT2D eigenvalue weighted by Crippen LogP contribution is -2.34. The van der Waals surface area contributed by atoms with E-state index < -0.39 is 24.0 Å². The maximum atomic E-state index is 13.4. The summed E-state index contributed by atoms with van der Waals surface area (Å²) in [6.07, 6.45) is 39.6. The molecule has 0 bridgehead atoms. The molecule has 0 heterocycles. The molecule has 5 nitrogen and oxygen atoms in total. The Balaban J connectivity index is 2.40. The first-order valence-electron chi connectivity index (χ1n) is 24.2. The number of ether oxygens (including phenoxy) is 2. The Labute approximate surface area is 347 Å². The number of carbonyl (C=O) groups is 2. The second kappa shape index (κ2) is 35.1. The van der Waals surface area contributed by atoms with Crippen molar-refractivity contribution < 1.29 is 24.2 Å². The zero-order valence-corrected chi connectivity index (χ0v) is 38.0. The van der Waals surface area contributed by atoms with Crippen molar-refractivity contribution in [2.45, 2.75) is 259 Å². The zero-order chi connectivity index (χ0) is 41.1. The summed E-state index contributed by atoms with van der Waals surface area (Å²) in [7, 11) is 0. The fourth-order valence-electron chi connectivity index (χ4n) is 7.79. The molecule has 1 aromatic carbocycles. The highest BCUT2D eigenvalue weighted by Gasteiger charge is 2.38. The van der Waals surface area contributed by atoms with Gasteiger partial charge in [-0.05, 0) is 36.3 Å². The van der Waals surface area contributed by atoms with Gasteiger partial charge in [0, 0.05) is 0 Å².